The molecule has 6 nitrogen and oxygen atoms in total. The van der Waals surface area contributed by atoms with E-state index in [4.69, 9.17) is 16.0 Å². The predicted molar refractivity (Wildman–Crippen MR) is 63.6 cm³/mol. The Morgan fingerprint density at radius 1 is 1.65 bits per heavy atom. The molecule has 1 amide bonds. The van der Waals surface area contributed by atoms with E-state index in [9.17, 15) is 4.79 Å². The SMILES string of the molecule is COC(CCCCN)C(=O)N1CCCC1N=N. The second-order valence-electron chi connectivity index (χ2n) is 4.29. The number of nitrogens with one attached hydrogen (secondary N) is 1. The number of likely N-dealkylation sites (tertiary alicyclic amines) is 1. The number of nitrogens with zero attached hydrogens (tertiary/aromatic N) is 2. The molecule has 1 heterocycles. The van der Waals surface area contributed by atoms with Gasteiger partial charge in [-0.15, -0.1) is 0 Å². The zero-order chi connectivity index (χ0) is 12.7. The molecule has 1 aliphatic rings. The summed E-state index contributed by atoms with van der Waals surface area (Å²) in [6.07, 6.45) is 3.48. The lowest BCUT2D eigenvalue weighted by atomic mass is 10.1. The maximum Gasteiger partial charge on any atom is 0.253 e. The van der Waals surface area contributed by atoms with E-state index in [0.717, 1.165) is 25.7 Å². The summed E-state index contributed by atoms with van der Waals surface area (Å²) in [5, 5.41) is 3.48. The first-order chi connectivity index (χ1) is 8.24. The van der Waals surface area contributed by atoms with Gasteiger partial charge in [0.1, 0.15) is 12.3 Å². The number of unbranched alkanes of at least 4 members (excludes halogenated alkanes) is 1. The highest BCUT2D eigenvalue weighted by molar-refractivity contribution is 5.81. The van der Waals surface area contributed by atoms with Gasteiger partial charge in [-0.2, -0.15) is 5.11 Å². The molecule has 1 fully saturated rings. The van der Waals surface area contributed by atoms with E-state index in [1.807, 2.05) is 0 Å². The third kappa shape index (κ3) is 3.74. The fraction of sp³-hybridized carbons (Fsp3) is 0.909. The molecule has 2 atom stereocenters. The molecule has 0 aromatic heterocycles. The van der Waals surface area contributed by atoms with Gasteiger partial charge in [0.15, 0.2) is 0 Å². The van der Waals surface area contributed by atoms with Crippen LogP contribution >= 0.6 is 0 Å². The molecule has 0 aromatic carbocycles. The van der Waals surface area contributed by atoms with Crippen molar-refractivity contribution in [2.24, 2.45) is 10.8 Å². The number of nitrogens with two attached hydrogens (primary N) is 1. The van der Waals surface area contributed by atoms with Crippen molar-refractivity contribution < 1.29 is 9.53 Å². The Hall–Kier alpha value is -1.01. The maximum atomic E-state index is 12.2. The van der Waals surface area contributed by atoms with Gasteiger partial charge in [0.2, 0.25) is 0 Å². The zero-order valence-corrected chi connectivity index (χ0v) is 10.4. The molecule has 17 heavy (non-hydrogen) atoms. The molecule has 1 saturated heterocycles. The van der Waals surface area contributed by atoms with Gasteiger partial charge in [0.25, 0.3) is 5.91 Å². The maximum absolute atomic E-state index is 12.2. The minimum absolute atomic E-state index is 0.0389. The smallest absolute Gasteiger partial charge is 0.253 e. The second-order valence-corrected chi connectivity index (χ2v) is 4.29. The summed E-state index contributed by atoms with van der Waals surface area (Å²) in [6.45, 7) is 1.32. The van der Waals surface area contributed by atoms with Crippen LogP contribution in [-0.4, -0.2) is 43.3 Å². The number of amides is 1. The summed E-state index contributed by atoms with van der Waals surface area (Å²) in [4.78, 5) is 13.8. The number of rotatable bonds is 7. The minimum Gasteiger partial charge on any atom is -0.372 e. The van der Waals surface area contributed by atoms with Gasteiger partial charge in [-0.1, -0.05) is 0 Å². The van der Waals surface area contributed by atoms with Crippen molar-refractivity contribution >= 4 is 5.91 Å². The van der Waals surface area contributed by atoms with Crippen LogP contribution in [0.1, 0.15) is 32.1 Å². The zero-order valence-electron chi connectivity index (χ0n) is 10.4. The van der Waals surface area contributed by atoms with Crippen LogP contribution in [0.5, 0.6) is 0 Å². The summed E-state index contributed by atoms with van der Waals surface area (Å²) >= 11 is 0. The Morgan fingerprint density at radius 3 is 3.00 bits per heavy atom. The molecule has 6 heteroatoms. The first kappa shape index (κ1) is 14.1. The van der Waals surface area contributed by atoms with Crippen molar-refractivity contribution in [1.29, 1.82) is 5.53 Å². The van der Waals surface area contributed by atoms with Crippen molar-refractivity contribution in [2.45, 2.75) is 44.4 Å². The van der Waals surface area contributed by atoms with Crippen molar-refractivity contribution in [3.63, 3.8) is 0 Å². The monoisotopic (exact) mass is 242 g/mol. The van der Waals surface area contributed by atoms with Crippen LogP contribution in [0.4, 0.5) is 0 Å². The van der Waals surface area contributed by atoms with Crippen molar-refractivity contribution in [1.82, 2.24) is 4.90 Å². The summed E-state index contributed by atoms with van der Waals surface area (Å²) in [7, 11) is 1.55. The fourth-order valence-corrected chi connectivity index (χ4v) is 2.14. The fourth-order valence-electron chi connectivity index (χ4n) is 2.14. The predicted octanol–water partition coefficient (Wildman–Crippen LogP) is 1.11. The van der Waals surface area contributed by atoms with Gasteiger partial charge in [-0.3, -0.25) is 4.79 Å². The Kier molecular flexibility index (Phi) is 6.07. The number of ether oxygens (including phenoxy) is 1. The lowest BCUT2D eigenvalue weighted by Gasteiger charge is -2.25. The Balaban J connectivity index is 2.49. The highest BCUT2D eigenvalue weighted by Gasteiger charge is 2.32. The van der Waals surface area contributed by atoms with E-state index in [-0.39, 0.29) is 12.1 Å². The molecule has 0 radical (unpaired) electrons. The average Bonchev–Trinajstić information content (AvgIpc) is 2.82. The van der Waals surface area contributed by atoms with Crippen LogP contribution in [-0.2, 0) is 9.53 Å². The van der Waals surface area contributed by atoms with Crippen LogP contribution in [0.3, 0.4) is 0 Å². The molecule has 2 unspecified atom stereocenters. The normalized spacial score (nSPS) is 21.5. The summed E-state index contributed by atoms with van der Waals surface area (Å²) in [5.74, 6) is -0.0389. The lowest BCUT2D eigenvalue weighted by Crippen LogP contribution is -2.42. The lowest BCUT2D eigenvalue weighted by molar-refractivity contribution is -0.143. The van der Waals surface area contributed by atoms with Gasteiger partial charge in [-0.25, -0.2) is 5.53 Å². The molecule has 0 spiro atoms. The number of hydrogen-bond acceptors (Lipinski definition) is 5. The van der Waals surface area contributed by atoms with E-state index in [1.54, 1.807) is 12.0 Å². The van der Waals surface area contributed by atoms with Gasteiger partial charge >= 0.3 is 0 Å². The van der Waals surface area contributed by atoms with Crippen molar-refractivity contribution in [3.8, 4) is 0 Å². The number of methoxy groups -OCH3 is 1. The van der Waals surface area contributed by atoms with E-state index < -0.39 is 6.10 Å². The summed E-state index contributed by atoms with van der Waals surface area (Å²) in [6, 6.07) is 0. The van der Waals surface area contributed by atoms with E-state index >= 15 is 0 Å². The van der Waals surface area contributed by atoms with E-state index in [0.29, 0.717) is 19.5 Å². The molecule has 1 rings (SSSR count). The number of carbonyl (C=O) groups is 1. The Bertz CT molecular complexity index is 260. The molecular formula is C11H22N4O2. The van der Waals surface area contributed by atoms with Crippen LogP contribution < -0.4 is 5.73 Å². The van der Waals surface area contributed by atoms with Gasteiger partial charge < -0.3 is 15.4 Å². The van der Waals surface area contributed by atoms with Gasteiger partial charge in [0.05, 0.1) is 0 Å². The first-order valence-corrected chi connectivity index (χ1v) is 6.14. The largest absolute Gasteiger partial charge is 0.372 e. The van der Waals surface area contributed by atoms with Crippen LogP contribution in [0.2, 0.25) is 0 Å². The third-order valence-corrected chi connectivity index (χ3v) is 3.13. The van der Waals surface area contributed by atoms with Crippen LogP contribution in [0.25, 0.3) is 0 Å². The molecule has 98 valence electrons. The second kappa shape index (κ2) is 7.34. The molecule has 1 aliphatic heterocycles. The molecule has 0 bridgehead atoms. The first-order valence-electron chi connectivity index (χ1n) is 6.14. The van der Waals surface area contributed by atoms with E-state index in [2.05, 4.69) is 5.11 Å². The molecule has 0 aliphatic carbocycles. The standard InChI is InChI=1S/C11H22N4O2/c1-17-9(5-2-3-7-12)11(16)15-8-4-6-10(15)14-13/h9-10,13H,2-8,12H2,1H3. The molecular weight excluding hydrogens is 220 g/mol. The topological polar surface area (TPSA) is 91.8 Å². The summed E-state index contributed by atoms with van der Waals surface area (Å²) in [5.41, 5.74) is 12.5. The van der Waals surface area contributed by atoms with E-state index in [1.165, 1.54) is 0 Å². The third-order valence-electron chi connectivity index (χ3n) is 3.13. The quantitative estimate of drug-likeness (QED) is 0.517. The Labute approximate surface area is 102 Å². The minimum atomic E-state index is -0.413. The molecule has 3 N–H and O–H groups in total. The number of carbonyl (C=O) groups excluding carboxylic acids is 1. The van der Waals surface area contributed by atoms with Crippen molar-refractivity contribution in [3.05, 3.63) is 0 Å². The van der Waals surface area contributed by atoms with Gasteiger partial charge in [-0.05, 0) is 38.6 Å². The highest BCUT2D eigenvalue weighted by atomic mass is 16.5. The summed E-state index contributed by atoms with van der Waals surface area (Å²) < 4.78 is 5.23. The average molecular weight is 242 g/mol. The molecule has 0 saturated carbocycles. The van der Waals surface area contributed by atoms with Crippen LogP contribution in [0, 0.1) is 5.53 Å². The highest BCUT2D eigenvalue weighted by Crippen LogP contribution is 2.20. The van der Waals surface area contributed by atoms with Crippen molar-refractivity contribution in [2.75, 3.05) is 20.2 Å². The Morgan fingerprint density at radius 2 is 2.41 bits per heavy atom. The van der Waals surface area contributed by atoms with Crippen LogP contribution in [0.15, 0.2) is 5.11 Å². The van der Waals surface area contributed by atoms with Gasteiger partial charge in [0, 0.05) is 13.7 Å². The molecule has 0 aromatic rings. The number of hydrogen-bond donors (Lipinski definition) is 2.